The van der Waals surface area contributed by atoms with Gasteiger partial charge in [0, 0.05) is 25.2 Å². The number of alkyl carbamates (subject to hydrolysis) is 1. The summed E-state index contributed by atoms with van der Waals surface area (Å²) in [6.07, 6.45) is -0.0325. The van der Waals surface area contributed by atoms with Gasteiger partial charge in [-0.05, 0) is 58.2 Å². The largest absolute Gasteiger partial charge is 0.444 e. The molecule has 1 aliphatic heterocycles. The van der Waals surface area contributed by atoms with E-state index in [9.17, 15) is 24.5 Å². The molecule has 1 aliphatic rings. The molecule has 170 valence electrons. The molecule has 1 heterocycles. The van der Waals surface area contributed by atoms with E-state index in [1.807, 2.05) is 0 Å². The van der Waals surface area contributed by atoms with Gasteiger partial charge >= 0.3 is 12.2 Å². The van der Waals surface area contributed by atoms with Crippen molar-refractivity contribution < 1.29 is 28.8 Å². The van der Waals surface area contributed by atoms with Crippen LogP contribution in [0.15, 0.2) is 24.3 Å². The van der Waals surface area contributed by atoms with Gasteiger partial charge in [-0.1, -0.05) is 0 Å². The van der Waals surface area contributed by atoms with Crippen LogP contribution in [0.1, 0.15) is 46.1 Å². The lowest BCUT2D eigenvalue weighted by Gasteiger charge is -2.38. The van der Waals surface area contributed by atoms with Crippen LogP contribution >= 0.6 is 0 Å². The van der Waals surface area contributed by atoms with Crippen molar-refractivity contribution in [2.24, 2.45) is 0 Å². The van der Waals surface area contributed by atoms with E-state index in [4.69, 9.17) is 9.47 Å². The van der Waals surface area contributed by atoms with Gasteiger partial charge in [0.2, 0.25) is 0 Å². The number of nitro groups is 1. The summed E-state index contributed by atoms with van der Waals surface area (Å²) in [5.41, 5.74) is -0.186. The molecule has 11 heteroatoms. The van der Waals surface area contributed by atoms with Crippen molar-refractivity contribution in [3.63, 3.8) is 0 Å². The number of nitrogens with one attached hydrogen (secondary N) is 1. The maximum atomic E-state index is 12.8. The van der Waals surface area contributed by atoms with Crippen LogP contribution in [0.25, 0.3) is 0 Å². The lowest BCUT2D eigenvalue weighted by Crippen LogP contribution is -2.58. The number of amides is 3. The Kier molecular flexibility index (Phi) is 7.78. The third-order valence-corrected chi connectivity index (χ3v) is 4.36. The minimum absolute atomic E-state index is 0.0608. The Bertz CT molecular complexity index is 820. The fourth-order valence-corrected chi connectivity index (χ4v) is 2.89. The van der Waals surface area contributed by atoms with E-state index in [-0.39, 0.29) is 12.3 Å². The molecule has 0 radical (unpaired) electrons. The van der Waals surface area contributed by atoms with E-state index in [0.29, 0.717) is 31.5 Å². The molecule has 1 aromatic rings. The first-order valence-electron chi connectivity index (χ1n) is 9.96. The first-order valence-corrected chi connectivity index (χ1v) is 9.96. The number of carbonyl (C=O) groups excluding carboxylic acids is 3. The van der Waals surface area contributed by atoms with E-state index in [2.05, 4.69) is 5.32 Å². The smallest absolute Gasteiger partial charge is 0.429 e. The standard InChI is InChI=1S/C20H28N4O7/c1-14(21-18(26)31-20(2,3)4)17(25)22-11-5-6-12-23(22)19(27)30-13-15-7-9-16(10-8-15)24(28)29/h7-10,14H,5-6,11-13H2,1-4H3,(H,21,26)/t14-/m0/s1. The number of nitro benzene ring substituents is 1. The Morgan fingerprint density at radius 1 is 1.13 bits per heavy atom. The van der Waals surface area contributed by atoms with Gasteiger partial charge in [-0.3, -0.25) is 14.9 Å². The highest BCUT2D eigenvalue weighted by Crippen LogP contribution is 2.17. The van der Waals surface area contributed by atoms with E-state index in [1.165, 1.54) is 41.2 Å². The molecule has 1 saturated heterocycles. The fourth-order valence-electron chi connectivity index (χ4n) is 2.89. The molecule has 1 aromatic carbocycles. The molecule has 0 spiro atoms. The number of benzene rings is 1. The van der Waals surface area contributed by atoms with Crippen molar-refractivity contribution >= 4 is 23.8 Å². The second-order valence-electron chi connectivity index (χ2n) is 8.14. The first-order chi connectivity index (χ1) is 14.5. The molecule has 0 saturated carbocycles. The first kappa shape index (κ1) is 23.9. The second-order valence-corrected chi connectivity index (χ2v) is 8.14. The van der Waals surface area contributed by atoms with Crippen molar-refractivity contribution in [2.75, 3.05) is 13.1 Å². The van der Waals surface area contributed by atoms with Crippen LogP contribution < -0.4 is 5.32 Å². The SMILES string of the molecule is C[C@H](NC(=O)OC(C)(C)C)C(=O)N1CCCCN1C(=O)OCc1ccc([N+](=O)[O-])cc1. The lowest BCUT2D eigenvalue weighted by molar-refractivity contribution is -0.384. The zero-order valence-electron chi connectivity index (χ0n) is 18.1. The van der Waals surface area contributed by atoms with Gasteiger partial charge < -0.3 is 14.8 Å². The number of carbonyl (C=O) groups is 3. The highest BCUT2D eigenvalue weighted by molar-refractivity contribution is 5.86. The predicted molar refractivity (Wildman–Crippen MR) is 110 cm³/mol. The Morgan fingerprint density at radius 3 is 2.26 bits per heavy atom. The quantitative estimate of drug-likeness (QED) is 0.554. The maximum Gasteiger partial charge on any atom is 0.429 e. The Labute approximate surface area is 180 Å². The van der Waals surface area contributed by atoms with Gasteiger partial charge in [0.15, 0.2) is 0 Å². The molecule has 1 atom stereocenters. The number of ether oxygens (including phenoxy) is 2. The molecule has 31 heavy (non-hydrogen) atoms. The number of hydrogen-bond acceptors (Lipinski definition) is 7. The number of rotatable bonds is 5. The fraction of sp³-hybridized carbons (Fsp3) is 0.550. The molecular weight excluding hydrogens is 408 g/mol. The summed E-state index contributed by atoms with van der Waals surface area (Å²) in [4.78, 5) is 47.6. The Balaban J connectivity index is 1.96. The van der Waals surface area contributed by atoms with Crippen LogP contribution in [0, 0.1) is 10.1 Å². The summed E-state index contributed by atoms with van der Waals surface area (Å²) < 4.78 is 10.4. The molecule has 0 aliphatic carbocycles. The van der Waals surface area contributed by atoms with Gasteiger partial charge in [0.1, 0.15) is 18.2 Å². The summed E-state index contributed by atoms with van der Waals surface area (Å²) >= 11 is 0. The lowest BCUT2D eigenvalue weighted by atomic mass is 10.2. The topological polar surface area (TPSA) is 131 Å². The van der Waals surface area contributed by atoms with Crippen LogP contribution in [0.2, 0.25) is 0 Å². The van der Waals surface area contributed by atoms with Crippen LogP contribution in [-0.2, 0) is 20.9 Å². The second kappa shape index (κ2) is 10.1. The molecule has 0 aromatic heterocycles. The average molecular weight is 436 g/mol. The third kappa shape index (κ3) is 7.12. The number of hydrogen-bond donors (Lipinski definition) is 1. The van der Waals surface area contributed by atoms with Crippen molar-refractivity contribution in [3.8, 4) is 0 Å². The number of nitrogens with zero attached hydrogens (tertiary/aromatic N) is 3. The predicted octanol–water partition coefficient (Wildman–Crippen LogP) is 2.98. The Hall–Kier alpha value is -3.37. The summed E-state index contributed by atoms with van der Waals surface area (Å²) in [6.45, 7) is 7.17. The zero-order valence-corrected chi connectivity index (χ0v) is 18.1. The Morgan fingerprint density at radius 2 is 1.71 bits per heavy atom. The third-order valence-electron chi connectivity index (χ3n) is 4.36. The van der Waals surface area contributed by atoms with Crippen LogP contribution in [0.4, 0.5) is 15.3 Å². The van der Waals surface area contributed by atoms with Gasteiger partial charge in [-0.15, -0.1) is 0 Å². The summed E-state index contributed by atoms with van der Waals surface area (Å²) in [6, 6.07) is 4.74. The normalized spacial score (nSPS) is 15.1. The molecule has 1 fully saturated rings. The minimum Gasteiger partial charge on any atom is -0.444 e. The van der Waals surface area contributed by atoms with Crippen molar-refractivity contribution in [1.82, 2.24) is 15.3 Å². The van der Waals surface area contributed by atoms with Crippen LogP contribution in [0.3, 0.4) is 0 Å². The molecule has 2 rings (SSSR count). The summed E-state index contributed by atoms with van der Waals surface area (Å²) in [5.74, 6) is -0.460. The van der Waals surface area contributed by atoms with E-state index in [0.717, 1.165) is 0 Å². The van der Waals surface area contributed by atoms with Crippen LogP contribution in [0.5, 0.6) is 0 Å². The van der Waals surface area contributed by atoms with Gasteiger partial charge in [0.25, 0.3) is 11.6 Å². The highest BCUT2D eigenvalue weighted by atomic mass is 16.6. The molecule has 11 nitrogen and oxygen atoms in total. The molecular formula is C20H28N4O7. The van der Waals surface area contributed by atoms with E-state index >= 15 is 0 Å². The number of non-ortho nitro benzene ring substituents is 1. The highest BCUT2D eigenvalue weighted by Gasteiger charge is 2.33. The summed E-state index contributed by atoms with van der Waals surface area (Å²) in [5, 5.41) is 15.7. The zero-order chi connectivity index (χ0) is 23.2. The van der Waals surface area contributed by atoms with Crippen molar-refractivity contribution in [3.05, 3.63) is 39.9 Å². The van der Waals surface area contributed by atoms with Crippen LogP contribution in [-0.4, -0.2) is 57.8 Å². The van der Waals surface area contributed by atoms with Gasteiger partial charge in [-0.2, -0.15) is 0 Å². The van der Waals surface area contributed by atoms with E-state index in [1.54, 1.807) is 20.8 Å². The monoisotopic (exact) mass is 436 g/mol. The van der Waals surface area contributed by atoms with Crippen molar-refractivity contribution in [2.45, 2.75) is 58.8 Å². The van der Waals surface area contributed by atoms with E-state index < -0.39 is 34.7 Å². The van der Waals surface area contributed by atoms with Gasteiger partial charge in [-0.25, -0.2) is 19.6 Å². The maximum absolute atomic E-state index is 12.8. The minimum atomic E-state index is -0.905. The average Bonchev–Trinajstić information content (AvgIpc) is 2.70. The van der Waals surface area contributed by atoms with Gasteiger partial charge in [0.05, 0.1) is 4.92 Å². The molecule has 3 amide bonds. The molecule has 1 N–H and O–H groups in total. The molecule has 0 bridgehead atoms. The number of hydrazine groups is 1. The molecule has 0 unspecified atom stereocenters. The summed E-state index contributed by atoms with van der Waals surface area (Å²) in [7, 11) is 0. The van der Waals surface area contributed by atoms with Crippen molar-refractivity contribution in [1.29, 1.82) is 0 Å².